The first-order valence-corrected chi connectivity index (χ1v) is 11.9. The maximum Gasteiger partial charge on any atom is 0.231 e. The Morgan fingerprint density at radius 1 is 0.909 bits per heavy atom. The number of amides is 1. The van der Waals surface area contributed by atoms with Crippen molar-refractivity contribution < 1.29 is 4.79 Å². The van der Waals surface area contributed by atoms with Crippen molar-refractivity contribution in [3.63, 3.8) is 0 Å². The molecule has 5 heteroatoms. The predicted octanol–water partition coefficient (Wildman–Crippen LogP) is 6.16. The Kier molecular flexibility index (Phi) is 4.96. The molecular formula is C28H21N3OS. The number of benzene rings is 2. The Labute approximate surface area is 196 Å². The summed E-state index contributed by atoms with van der Waals surface area (Å²) in [7, 11) is 0. The summed E-state index contributed by atoms with van der Waals surface area (Å²) in [6.07, 6.45) is 8.84. The van der Waals surface area contributed by atoms with Gasteiger partial charge >= 0.3 is 0 Å². The lowest BCUT2D eigenvalue weighted by Crippen LogP contribution is -2.30. The van der Waals surface area contributed by atoms with Crippen LogP contribution >= 0.6 is 11.3 Å². The smallest absolute Gasteiger partial charge is 0.231 e. The van der Waals surface area contributed by atoms with E-state index in [0.29, 0.717) is 6.42 Å². The summed E-state index contributed by atoms with van der Waals surface area (Å²) in [5.41, 5.74) is 7.85. The Bertz CT molecular complexity index is 1460. The summed E-state index contributed by atoms with van der Waals surface area (Å²) < 4.78 is 1.22. The molecule has 2 aromatic carbocycles. The van der Waals surface area contributed by atoms with Gasteiger partial charge in [0.05, 0.1) is 6.42 Å². The van der Waals surface area contributed by atoms with Crippen molar-refractivity contribution in [2.75, 3.05) is 11.4 Å². The minimum Gasteiger partial charge on any atom is -0.312 e. The van der Waals surface area contributed by atoms with E-state index < -0.39 is 0 Å². The number of hydrogen-bond donors (Lipinski definition) is 0. The van der Waals surface area contributed by atoms with E-state index in [1.54, 1.807) is 17.5 Å². The van der Waals surface area contributed by atoms with E-state index in [1.807, 2.05) is 59.9 Å². The van der Waals surface area contributed by atoms with Crippen LogP contribution in [0, 0.1) is 0 Å². The summed E-state index contributed by atoms with van der Waals surface area (Å²) in [6, 6.07) is 20.4. The number of carbonyl (C=O) groups is 1. The van der Waals surface area contributed by atoms with Gasteiger partial charge < -0.3 is 4.90 Å². The molecule has 160 valence electrons. The van der Waals surface area contributed by atoms with Crippen molar-refractivity contribution in [3.05, 3.63) is 102 Å². The third-order valence-corrected chi connectivity index (χ3v) is 7.27. The number of thiophene rings is 1. The van der Waals surface area contributed by atoms with Gasteiger partial charge in [0.1, 0.15) is 0 Å². The van der Waals surface area contributed by atoms with Gasteiger partial charge in [0, 0.05) is 63.8 Å². The van der Waals surface area contributed by atoms with Gasteiger partial charge in [-0.25, -0.2) is 0 Å². The molecule has 1 aliphatic heterocycles. The highest BCUT2D eigenvalue weighted by atomic mass is 32.1. The fourth-order valence-corrected chi connectivity index (χ4v) is 5.68. The van der Waals surface area contributed by atoms with Gasteiger partial charge in [0.15, 0.2) is 0 Å². The van der Waals surface area contributed by atoms with E-state index in [4.69, 9.17) is 0 Å². The number of hydrogen-bond acceptors (Lipinski definition) is 4. The van der Waals surface area contributed by atoms with E-state index in [9.17, 15) is 4.79 Å². The maximum absolute atomic E-state index is 13.0. The molecule has 1 aliphatic rings. The number of rotatable bonds is 4. The minimum absolute atomic E-state index is 0.152. The molecule has 0 atom stereocenters. The van der Waals surface area contributed by atoms with Crippen molar-refractivity contribution in [1.82, 2.24) is 9.97 Å². The molecule has 33 heavy (non-hydrogen) atoms. The van der Waals surface area contributed by atoms with Gasteiger partial charge in [-0.15, -0.1) is 11.3 Å². The monoisotopic (exact) mass is 447 g/mol. The Morgan fingerprint density at radius 2 is 1.82 bits per heavy atom. The lowest BCUT2D eigenvalue weighted by atomic mass is 10.0. The van der Waals surface area contributed by atoms with Crippen LogP contribution in [0.25, 0.3) is 32.3 Å². The van der Waals surface area contributed by atoms with Crippen LogP contribution in [0.1, 0.15) is 11.1 Å². The second-order valence-corrected chi connectivity index (χ2v) is 9.14. The molecule has 0 saturated carbocycles. The molecule has 5 aromatic rings. The average molecular weight is 448 g/mol. The van der Waals surface area contributed by atoms with Crippen LogP contribution in [-0.4, -0.2) is 22.4 Å². The summed E-state index contributed by atoms with van der Waals surface area (Å²) in [5, 5.41) is 3.36. The van der Waals surface area contributed by atoms with Crippen LogP contribution in [0.2, 0.25) is 0 Å². The van der Waals surface area contributed by atoms with Crippen LogP contribution in [0.5, 0.6) is 0 Å². The molecule has 4 heterocycles. The SMILES string of the molecule is O=C(Cc1ccccc1)N1CCc2cc(-c3csc4c(-c5cccnc5)cncc34)ccc21. The number of nitrogens with zero attached hydrogens (tertiary/aromatic N) is 3. The molecule has 6 rings (SSSR count). The minimum atomic E-state index is 0.152. The lowest BCUT2D eigenvalue weighted by Gasteiger charge is -2.17. The zero-order valence-electron chi connectivity index (χ0n) is 17.9. The van der Waals surface area contributed by atoms with E-state index in [1.165, 1.54) is 21.4 Å². The summed E-state index contributed by atoms with van der Waals surface area (Å²) in [4.78, 5) is 23.7. The van der Waals surface area contributed by atoms with Crippen molar-refractivity contribution in [1.29, 1.82) is 0 Å². The fraction of sp³-hybridized carbons (Fsp3) is 0.107. The maximum atomic E-state index is 13.0. The highest BCUT2D eigenvalue weighted by molar-refractivity contribution is 7.18. The van der Waals surface area contributed by atoms with E-state index >= 15 is 0 Å². The molecule has 0 N–H and O–H groups in total. The third-order valence-electron chi connectivity index (χ3n) is 6.24. The molecule has 0 aliphatic carbocycles. The van der Waals surface area contributed by atoms with Crippen LogP contribution in [0.4, 0.5) is 5.69 Å². The third kappa shape index (κ3) is 3.60. The first-order chi connectivity index (χ1) is 16.3. The fourth-order valence-electron chi connectivity index (χ4n) is 4.59. The molecule has 0 bridgehead atoms. The molecular weight excluding hydrogens is 426 g/mol. The molecule has 0 unspecified atom stereocenters. The zero-order valence-corrected chi connectivity index (χ0v) is 18.8. The molecule has 1 amide bonds. The summed E-state index contributed by atoms with van der Waals surface area (Å²) in [6.45, 7) is 0.738. The van der Waals surface area contributed by atoms with Crippen molar-refractivity contribution >= 4 is 33.0 Å². The number of carbonyl (C=O) groups excluding carboxylic acids is 1. The van der Waals surface area contributed by atoms with Crippen molar-refractivity contribution in [2.24, 2.45) is 0 Å². The molecule has 0 fully saturated rings. The van der Waals surface area contributed by atoms with Gasteiger partial charge in [-0.1, -0.05) is 42.5 Å². The normalized spacial score (nSPS) is 12.8. The first-order valence-electron chi connectivity index (χ1n) is 11.0. The summed E-state index contributed by atoms with van der Waals surface area (Å²) >= 11 is 1.74. The first kappa shape index (κ1) is 19.8. The van der Waals surface area contributed by atoms with Gasteiger partial charge in [-0.3, -0.25) is 14.8 Å². The quantitative estimate of drug-likeness (QED) is 0.332. The second-order valence-electron chi connectivity index (χ2n) is 8.26. The van der Waals surface area contributed by atoms with E-state index in [2.05, 4.69) is 39.6 Å². The van der Waals surface area contributed by atoms with Crippen molar-refractivity contribution in [3.8, 4) is 22.3 Å². The lowest BCUT2D eigenvalue weighted by molar-refractivity contribution is -0.117. The molecule has 4 nitrogen and oxygen atoms in total. The summed E-state index contributed by atoms with van der Waals surface area (Å²) in [5.74, 6) is 0.152. The van der Waals surface area contributed by atoms with E-state index in [-0.39, 0.29) is 5.91 Å². The second kappa shape index (κ2) is 8.26. The average Bonchev–Trinajstić information content (AvgIpc) is 3.49. The largest absolute Gasteiger partial charge is 0.312 e. The van der Waals surface area contributed by atoms with Gasteiger partial charge in [0.2, 0.25) is 5.91 Å². The number of anilines is 1. The Hall–Kier alpha value is -3.83. The van der Waals surface area contributed by atoms with Crippen LogP contribution in [0.15, 0.2) is 90.8 Å². The molecule has 0 spiro atoms. The number of aromatic nitrogens is 2. The highest BCUT2D eigenvalue weighted by Crippen LogP contribution is 2.40. The molecule has 0 saturated heterocycles. The predicted molar refractivity (Wildman–Crippen MR) is 134 cm³/mol. The highest BCUT2D eigenvalue weighted by Gasteiger charge is 2.25. The zero-order chi connectivity index (χ0) is 22.2. The van der Waals surface area contributed by atoms with Gasteiger partial charge in [-0.2, -0.15) is 0 Å². The van der Waals surface area contributed by atoms with Crippen LogP contribution in [0.3, 0.4) is 0 Å². The number of pyridine rings is 2. The van der Waals surface area contributed by atoms with Gasteiger partial charge in [-0.05, 0) is 46.7 Å². The van der Waals surface area contributed by atoms with Crippen LogP contribution < -0.4 is 4.90 Å². The van der Waals surface area contributed by atoms with Crippen molar-refractivity contribution in [2.45, 2.75) is 12.8 Å². The Morgan fingerprint density at radius 3 is 2.67 bits per heavy atom. The molecule has 3 aromatic heterocycles. The standard InChI is InChI=1S/C28H21N3OS/c32-27(13-19-5-2-1-3-6-19)31-12-10-21-14-20(8-9-26(21)31)25-18-33-28-23(16-30-17-24(25)28)22-7-4-11-29-15-22/h1-9,11,14-18H,10,12-13H2. The Balaban J connectivity index is 1.32. The number of fused-ring (bicyclic) bond motifs is 2. The van der Waals surface area contributed by atoms with E-state index in [0.717, 1.165) is 40.7 Å². The van der Waals surface area contributed by atoms with Crippen LogP contribution in [-0.2, 0) is 17.6 Å². The topological polar surface area (TPSA) is 46.1 Å². The molecule has 0 radical (unpaired) electrons. The van der Waals surface area contributed by atoms with Gasteiger partial charge in [0.25, 0.3) is 0 Å².